The molecule has 0 spiro atoms. The molecule has 26 heteroatoms. The van der Waals surface area contributed by atoms with Gasteiger partial charge in [-0.05, 0) is 92.9 Å². The summed E-state index contributed by atoms with van der Waals surface area (Å²) in [6.45, 7) is 6.89. The summed E-state index contributed by atoms with van der Waals surface area (Å²) < 4.78 is 6.68. The summed E-state index contributed by atoms with van der Waals surface area (Å²) in [7, 11) is 11.3. The molecule has 24 nitrogen and oxygen atoms in total. The predicted molar refractivity (Wildman–Crippen MR) is 288 cm³/mol. The van der Waals surface area contributed by atoms with Gasteiger partial charge in [-0.1, -0.05) is 48.4 Å². The molecule has 0 unspecified atom stereocenters. The first kappa shape index (κ1) is 55.9. The fourth-order valence-electron chi connectivity index (χ4n) is 8.00. The van der Waals surface area contributed by atoms with E-state index in [0.717, 1.165) is 74.3 Å². The fraction of sp³-hybridized carbons (Fsp3) is 0.458. The van der Waals surface area contributed by atoms with Gasteiger partial charge in [0.1, 0.15) is 21.1 Å². The molecule has 10 N–H and O–H groups in total. The van der Waals surface area contributed by atoms with Crippen molar-refractivity contribution in [3.05, 3.63) is 81.1 Å². The minimum atomic E-state index is -0.520. The molecule has 0 radical (unpaired) electrons. The van der Waals surface area contributed by atoms with Gasteiger partial charge < -0.3 is 71.4 Å². The van der Waals surface area contributed by atoms with E-state index in [4.69, 9.17) is 11.5 Å². The molecular weight excluding hydrogens is 989 g/mol. The first-order chi connectivity index (χ1) is 35.3. The van der Waals surface area contributed by atoms with Gasteiger partial charge in [-0.15, -0.1) is 0 Å². The van der Waals surface area contributed by atoms with Crippen molar-refractivity contribution < 1.29 is 28.8 Å². The molecule has 6 aromatic heterocycles. The molecule has 6 heterocycles. The van der Waals surface area contributed by atoms with Crippen LogP contribution in [0.2, 0.25) is 0 Å². The summed E-state index contributed by atoms with van der Waals surface area (Å²) in [5.41, 5.74) is 14.2. The third kappa shape index (κ3) is 15.5. The van der Waals surface area contributed by atoms with Crippen molar-refractivity contribution in [3.8, 4) is 0 Å². The van der Waals surface area contributed by atoms with Crippen LogP contribution in [0.1, 0.15) is 124 Å². The Morgan fingerprint density at radius 3 is 1.24 bits per heavy atom. The SMILES string of the molecule is Cc1nc(N)sc1C(=O)Nc1cn(CCCCCCCCn2cc(NC(=O)c3sc(N)nc3C)nc2C(=O)Nc2cc(C(=O)NCCCN(C)C)n(C)c2)c(C(=O)Nc2cc(C(=O)NCCCN(C)C)n(C)c2)n1. The van der Waals surface area contributed by atoms with Gasteiger partial charge in [0.15, 0.2) is 21.9 Å². The van der Waals surface area contributed by atoms with E-state index in [-0.39, 0.29) is 45.4 Å². The lowest BCUT2D eigenvalue weighted by Gasteiger charge is -2.10. The average Bonchev–Trinajstić information content (AvgIpc) is 4.20. The fourth-order valence-corrected chi connectivity index (χ4v) is 9.45. The van der Waals surface area contributed by atoms with E-state index in [2.05, 4.69) is 51.8 Å². The number of carbonyl (C=O) groups is 6. The highest BCUT2D eigenvalue weighted by Gasteiger charge is 2.24. The zero-order chi connectivity index (χ0) is 53.6. The number of imidazole rings is 2. The number of unbranched alkanes of at least 4 members (excludes halogenated alkanes) is 5. The Morgan fingerprint density at radius 2 is 0.892 bits per heavy atom. The average molecular weight is 1060 g/mol. The second-order valence-electron chi connectivity index (χ2n) is 18.4. The Morgan fingerprint density at radius 1 is 0.514 bits per heavy atom. The van der Waals surface area contributed by atoms with Crippen molar-refractivity contribution in [2.24, 2.45) is 14.1 Å². The smallest absolute Gasteiger partial charge is 0.291 e. The maximum atomic E-state index is 13.8. The summed E-state index contributed by atoms with van der Waals surface area (Å²) in [5, 5.41) is 17.6. The van der Waals surface area contributed by atoms with Gasteiger partial charge in [-0.2, -0.15) is 0 Å². The number of hydrogen-bond acceptors (Lipinski definition) is 16. The number of aryl methyl sites for hydroxylation is 6. The molecule has 0 saturated carbocycles. The van der Waals surface area contributed by atoms with Crippen molar-refractivity contribution in [1.29, 1.82) is 0 Å². The van der Waals surface area contributed by atoms with Crippen LogP contribution in [0.25, 0.3) is 0 Å². The van der Waals surface area contributed by atoms with E-state index in [1.807, 2.05) is 38.0 Å². The van der Waals surface area contributed by atoms with E-state index in [1.165, 1.54) is 0 Å². The molecule has 0 aliphatic rings. The molecule has 0 saturated heterocycles. The Hall–Kier alpha value is -7.42. The van der Waals surface area contributed by atoms with Crippen LogP contribution >= 0.6 is 22.7 Å². The summed E-state index contributed by atoms with van der Waals surface area (Å²) in [4.78, 5) is 102. The van der Waals surface area contributed by atoms with Gasteiger partial charge in [-0.3, -0.25) is 28.8 Å². The Kier molecular flexibility index (Phi) is 19.6. The van der Waals surface area contributed by atoms with Crippen LogP contribution in [0.5, 0.6) is 0 Å². The zero-order valence-electron chi connectivity index (χ0n) is 43.3. The number of carbonyl (C=O) groups excluding carboxylic acids is 6. The largest absolute Gasteiger partial charge is 0.375 e. The van der Waals surface area contributed by atoms with Gasteiger partial charge in [-0.25, -0.2) is 19.9 Å². The topological polar surface area (TPSA) is 304 Å². The number of nitrogen functional groups attached to an aromatic ring is 2. The van der Waals surface area contributed by atoms with Gasteiger partial charge in [0.05, 0.1) is 22.8 Å². The first-order valence-corrected chi connectivity index (χ1v) is 25.9. The van der Waals surface area contributed by atoms with Crippen LogP contribution in [0.3, 0.4) is 0 Å². The lowest BCUT2D eigenvalue weighted by molar-refractivity contribution is 0.0936. The number of rotatable bonds is 27. The molecule has 6 amide bonds. The number of nitrogens with zero attached hydrogens (tertiary/aromatic N) is 10. The monoisotopic (exact) mass is 1060 g/mol. The number of amides is 6. The first-order valence-electron chi connectivity index (χ1n) is 24.3. The predicted octanol–water partition coefficient (Wildman–Crippen LogP) is 4.86. The minimum Gasteiger partial charge on any atom is -0.375 e. The molecule has 0 fully saturated rings. The highest BCUT2D eigenvalue weighted by atomic mass is 32.1. The van der Waals surface area contributed by atoms with E-state index in [0.29, 0.717) is 82.9 Å². The van der Waals surface area contributed by atoms with E-state index in [9.17, 15) is 28.8 Å². The maximum absolute atomic E-state index is 13.8. The van der Waals surface area contributed by atoms with E-state index < -0.39 is 23.6 Å². The standard InChI is InChI=1S/C48H68N18O6S2/c1-29-37(73-47(49)53-29)43(69)59-35-27-65(39(57-35)45(71)55-31-23-33(63(7)25-31)41(67)51-17-15-19-61(3)4)21-13-11-9-10-12-14-22-66-28-36(60-44(70)38-30(2)54-48(50)74-38)58-40(66)46(72)56-32-24-34(64(8)26-32)42(68)52-18-16-20-62(5)6/h23-28H,9-22H2,1-8H3,(H2,49,53)(H2,50,54)(H,51,67)(H,52,68)(H,55,71)(H,56,72)(H,59,69)(H,60,70). The van der Waals surface area contributed by atoms with Crippen LogP contribution in [-0.2, 0) is 27.2 Å². The molecule has 0 aromatic carbocycles. The lowest BCUT2D eigenvalue weighted by Crippen LogP contribution is -2.28. The Bertz CT molecular complexity index is 2740. The number of nitrogens with one attached hydrogen (secondary N) is 6. The van der Waals surface area contributed by atoms with Crippen molar-refractivity contribution in [1.82, 2.24) is 58.6 Å². The molecule has 398 valence electrons. The number of hydrogen-bond donors (Lipinski definition) is 8. The van der Waals surface area contributed by atoms with Gasteiger partial charge in [0.2, 0.25) is 11.6 Å². The van der Waals surface area contributed by atoms with Crippen molar-refractivity contribution in [3.63, 3.8) is 0 Å². The van der Waals surface area contributed by atoms with Crippen LogP contribution < -0.4 is 43.4 Å². The van der Waals surface area contributed by atoms with Gasteiger partial charge in [0, 0.05) is 65.1 Å². The number of nitrogens with two attached hydrogens (primary N) is 2. The minimum absolute atomic E-state index is 0.0748. The van der Waals surface area contributed by atoms with Crippen LogP contribution in [0.4, 0.5) is 33.3 Å². The Labute approximate surface area is 437 Å². The van der Waals surface area contributed by atoms with Crippen molar-refractivity contribution in [2.75, 3.05) is 87.1 Å². The van der Waals surface area contributed by atoms with Crippen LogP contribution in [0.15, 0.2) is 36.9 Å². The summed E-state index contributed by atoms with van der Waals surface area (Å²) in [6.07, 6.45) is 12.9. The second kappa shape index (κ2) is 26.0. The number of thiazole rings is 2. The van der Waals surface area contributed by atoms with E-state index >= 15 is 0 Å². The maximum Gasteiger partial charge on any atom is 0.291 e. The Balaban J connectivity index is 1.06. The normalized spacial score (nSPS) is 11.3. The summed E-state index contributed by atoms with van der Waals surface area (Å²) in [6, 6.07) is 3.21. The zero-order valence-corrected chi connectivity index (χ0v) is 44.9. The number of aromatic nitrogens is 8. The quantitative estimate of drug-likeness (QED) is 0.0320. The lowest BCUT2D eigenvalue weighted by atomic mass is 10.1. The molecule has 6 rings (SSSR count). The summed E-state index contributed by atoms with van der Waals surface area (Å²) in [5.74, 6) is -1.95. The molecule has 0 aliphatic heterocycles. The second-order valence-corrected chi connectivity index (χ2v) is 20.5. The third-order valence-corrected chi connectivity index (χ3v) is 13.6. The van der Waals surface area contributed by atoms with Gasteiger partial charge >= 0.3 is 0 Å². The third-order valence-electron chi connectivity index (χ3n) is 11.7. The van der Waals surface area contributed by atoms with Crippen molar-refractivity contribution in [2.45, 2.75) is 78.3 Å². The molecule has 0 aliphatic carbocycles. The van der Waals surface area contributed by atoms with Gasteiger partial charge in [0.25, 0.3) is 35.4 Å². The molecule has 74 heavy (non-hydrogen) atoms. The van der Waals surface area contributed by atoms with E-state index in [1.54, 1.807) is 83.1 Å². The molecule has 6 aromatic rings. The molecule has 0 atom stereocenters. The van der Waals surface area contributed by atoms with Crippen LogP contribution in [-0.4, -0.2) is 138 Å². The molecule has 0 bridgehead atoms. The number of anilines is 6. The van der Waals surface area contributed by atoms with Crippen molar-refractivity contribution >= 4 is 91.4 Å². The van der Waals surface area contributed by atoms with Crippen LogP contribution in [0, 0.1) is 13.8 Å². The molecular formula is C48H68N18O6S2. The summed E-state index contributed by atoms with van der Waals surface area (Å²) >= 11 is 2.11. The highest BCUT2D eigenvalue weighted by Crippen LogP contribution is 2.24. The highest BCUT2D eigenvalue weighted by molar-refractivity contribution is 7.17.